The van der Waals surface area contributed by atoms with Crippen molar-refractivity contribution in [3.63, 3.8) is 0 Å². The van der Waals surface area contributed by atoms with Crippen LogP contribution in [0.1, 0.15) is 33.2 Å². The molecule has 3 N–H and O–H groups in total. The molecule has 0 saturated carbocycles. The van der Waals surface area contributed by atoms with E-state index in [0.717, 1.165) is 24.5 Å². The number of anilines is 2. The van der Waals surface area contributed by atoms with Crippen LogP contribution < -0.4 is 11.1 Å². The second-order valence-corrected chi connectivity index (χ2v) is 3.43. The summed E-state index contributed by atoms with van der Waals surface area (Å²) in [4.78, 5) is 0. The van der Waals surface area contributed by atoms with E-state index < -0.39 is 0 Å². The van der Waals surface area contributed by atoms with Gasteiger partial charge in [0.15, 0.2) is 5.82 Å². The average molecular weight is 182 g/mol. The van der Waals surface area contributed by atoms with Crippen LogP contribution in [-0.4, -0.2) is 16.3 Å². The van der Waals surface area contributed by atoms with Crippen LogP contribution >= 0.6 is 0 Å². The summed E-state index contributed by atoms with van der Waals surface area (Å²) >= 11 is 0. The van der Waals surface area contributed by atoms with Gasteiger partial charge in [0.1, 0.15) is 0 Å². The standard InChI is InChI=1S/C9H18N4/c1-4-5-11-9-8(10)6-13(12-9)7(2)3/h6-7H,4-5,10H2,1-3H3,(H,11,12). The molecule has 0 spiro atoms. The van der Waals surface area contributed by atoms with Crippen LogP contribution in [0.5, 0.6) is 0 Å². The molecule has 0 aromatic carbocycles. The zero-order chi connectivity index (χ0) is 9.84. The van der Waals surface area contributed by atoms with Gasteiger partial charge in [-0.3, -0.25) is 4.68 Å². The molecule has 0 atom stereocenters. The van der Waals surface area contributed by atoms with E-state index in [-0.39, 0.29) is 0 Å². The zero-order valence-corrected chi connectivity index (χ0v) is 8.54. The molecular weight excluding hydrogens is 164 g/mol. The summed E-state index contributed by atoms with van der Waals surface area (Å²) in [5.41, 5.74) is 6.50. The van der Waals surface area contributed by atoms with Crippen LogP contribution in [0.15, 0.2) is 6.20 Å². The van der Waals surface area contributed by atoms with E-state index in [0.29, 0.717) is 6.04 Å². The number of nitrogens with two attached hydrogens (primary N) is 1. The van der Waals surface area contributed by atoms with E-state index in [9.17, 15) is 0 Å². The molecule has 4 heteroatoms. The molecule has 0 fully saturated rings. The van der Waals surface area contributed by atoms with E-state index >= 15 is 0 Å². The summed E-state index contributed by atoms with van der Waals surface area (Å²) in [6.45, 7) is 7.19. The molecule has 1 rings (SSSR count). The first-order valence-corrected chi connectivity index (χ1v) is 4.73. The normalized spacial score (nSPS) is 10.8. The Labute approximate surface area is 79.1 Å². The molecule has 1 aromatic rings. The number of rotatable bonds is 4. The van der Waals surface area contributed by atoms with Crippen molar-refractivity contribution < 1.29 is 0 Å². The fraction of sp³-hybridized carbons (Fsp3) is 0.667. The third kappa shape index (κ3) is 2.37. The first-order chi connectivity index (χ1) is 6.15. The van der Waals surface area contributed by atoms with Crippen LogP contribution in [-0.2, 0) is 0 Å². The van der Waals surface area contributed by atoms with Crippen molar-refractivity contribution in [3.8, 4) is 0 Å². The number of nitrogens with one attached hydrogen (secondary N) is 1. The third-order valence-electron chi connectivity index (χ3n) is 1.83. The first kappa shape index (κ1) is 9.89. The van der Waals surface area contributed by atoms with Crippen molar-refractivity contribution in [2.24, 2.45) is 0 Å². The Bertz CT molecular complexity index is 265. The first-order valence-electron chi connectivity index (χ1n) is 4.73. The molecule has 4 nitrogen and oxygen atoms in total. The van der Waals surface area contributed by atoms with E-state index in [4.69, 9.17) is 5.73 Å². The maximum Gasteiger partial charge on any atom is 0.171 e. The van der Waals surface area contributed by atoms with Gasteiger partial charge in [0, 0.05) is 12.6 Å². The van der Waals surface area contributed by atoms with Gasteiger partial charge in [-0.05, 0) is 20.3 Å². The minimum atomic E-state index is 0.361. The van der Waals surface area contributed by atoms with Gasteiger partial charge in [0.25, 0.3) is 0 Å². The summed E-state index contributed by atoms with van der Waals surface area (Å²) in [6, 6.07) is 0.361. The Morgan fingerprint density at radius 1 is 1.62 bits per heavy atom. The Morgan fingerprint density at radius 3 is 2.77 bits per heavy atom. The largest absolute Gasteiger partial charge is 0.394 e. The summed E-state index contributed by atoms with van der Waals surface area (Å²) in [6.07, 6.45) is 2.94. The fourth-order valence-electron chi connectivity index (χ4n) is 1.05. The van der Waals surface area contributed by atoms with Gasteiger partial charge in [-0.1, -0.05) is 6.92 Å². The van der Waals surface area contributed by atoms with Gasteiger partial charge in [-0.25, -0.2) is 0 Å². The third-order valence-corrected chi connectivity index (χ3v) is 1.83. The number of hydrogen-bond acceptors (Lipinski definition) is 3. The highest BCUT2D eigenvalue weighted by Gasteiger charge is 2.06. The lowest BCUT2D eigenvalue weighted by molar-refractivity contribution is 0.534. The molecule has 0 unspecified atom stereocenters. The van der Waals surface area contributed by atoms with Crippen LogP contribution in [0.2, 0.25) is 0 Å². The van der Waals surface area contributed by atoms with Gasteiger partial charge in [0.2, 0.25) is 0 Å². The summed E-state index contributed by atoms with van der Waals surface area (Å²) in [7, 11) is 0. The maximum absolute atomic E-state index is 5.77. The van der Waals surface area contributed by atoms with Crippen molar-refractivity contribution in [2.75, 3.05) is 17.6 Å². The lowest BCUT2D eigenvalue weighted by Gasteiger charge is -2.03. The van der Waals surface area contributed by atoms with Crippen LogP contribution in [0.3, 0.4) is 0 Å². The van der Waals surface area contributed by atoms with Crippen LogP contribution in [0.25, 0.3) is 0 Å². The molecule has 1 aromatic heterocycles. The quantitative estimate of drug-likeness (QED) is 0.747. The van der Waals surface area contributed by atoms with E-state index in [1.165, 1.54) is 0 Å². The lowest BCUT2D eigenvalue weighted by Crippen LogP contribution is -2.04. The minimum Gasteiger partial charge on any atom is -0.394 e. The average Bonchev–Trinajstić information content (AvgIpc) is 2.44. The molecule has 74 valence electrons. The van der Waals surface area contributed by atoms with Crippen LogP contribution in [0.4, 0.5) is 11.5 Å². The van der Waals surface area contributed by atoms with E-state index in [1.807, 2.05) is 10.9 Å². The second kappa shape index (κ2) is 4.16. The number of aromatic nitrogens is 2. The van der Waals surface area contributed by atoms with Crippen molar-refractivity contribution in [2.45, 2.75) is 33.2 Å². The SMILES string of the molecule is CCCNc1nn(C(C)C)cc1N. The van der Waals surface area contributed by atoms with Gasteiger partial charge in [0.05, 0.1) is 11.9 Å². The van der Waals surface area contributed by atoms with E-state index in [1.54, 1.807) is 0 Å². The predicted molar refractivity (Wildman–Crippen MR) is 55.8 cm³/mol. The minimum absolute atomic E-state index is 0.361. The topological polar surface area (TPSA) is 55.9 Å². The molecule has 0 aliphatic heterocycles. The number of nitrogens with zero attached hydrogens (tertiary/aromatic N) is 2. The van der Waals surface area contributed by atoms with Crippen molar-refractivity contribution in [1.82, 2.24) is 9.78 Å². The van der Waals surface area contributed by atoms with Gasteiger partial charge < -0.3 is 11.1 Å². The van der Waals surface area contributed by atoms with Crippen molar-refractivity contribution >= 4 is 11.5 Å². The fourth-order valence-corrected chi connectivity index (χ4v) is 1.05. The molecule has 0 aliphatic rings. The summed E-state index contributed by atoms with van der Waals surface area (Å²) in [5.74, 6) is 0.801. The monoisotopic (exact) mass is 182 g/mol. The van der Waals surface area contributed by atoms with Gasteiger partial charge in [-0.15, -0.1) is 0 Å². The Balaban J connectivity index is 2.71. The smallest absolute Gasteiger partial charge is 0.171 e. The molecule has 13 heavy (non-hydrogen) atoms. The number of hydrogen-bond donors (Lipinski definition) is 2. The molecular formula is C9H18N4. The molecule has 0 amide bonds. The highest BCUT2D eigenvalue weighted by atomic mass is 15.3. The molecule has 1 heterocycles. The number of nitrogen functional groups attached to an aromatic ring is 1. The Kier molecular flexibility index (Phi) is 3.17. The predicted octanol–water partition coefficient (Wildman–Crippen LogP) is 1.87. The summed E-state index contributed by atoms with van der Waals surface area (Å²) < 4.78 is 1.87. The Hall–Kier alpha value is -1.19. The molecule has 0 saturated heterocycles. The van der Waals surface area contributed by atoms with Crippen LogP contribution in [0, 0.1) is 0 Å². The van der Waals surface area contributed by atoms with Gasteiger partial charge in [-0.2, -0.15) is 5.10 Å². The highest BCUT2D eigenvalue weighted by Crippen LogP contribution is 2.17. The zero-order valence-electron chi connectivity index (χ0n) is 8.54. The molecule has 0 radical (unpaired) electrons. The maximum atomic E-state index is 5.77. The van der Waals surface area contributed by atoms with E-state index in [2.05, 4.69) is 31.2 Å². The van der Waals surface area contributed by atoms with Gasteiger partial charge >= 0.3 is 0 Å². The molecule has 0 bridgehead atoms. The van der Waals surface area contributed by atoms with Crippen molar-refractivity contribution in [1.29, 1.82) is 0 Å². The lowest BCUT2D eigenvalue weighted by atomic mass is 10.4. The van der Waals surface area contributed by atoms with Crippen molar-refractivity contribution in [3.05, 3.63) is 6.20 Å². The second-order valence-electron chi connectivity index (χ2n) is 3.43. The summed E-state index contributed by atoms with van der Waals surface area (Å²) in [5, 5.41) is 7.51. The highest BCUT2D eigenvalue weighted by molar-refractivity contribution is 5.59. The molecule has 0 aliphatic carbocycles. The Morgan fingerprint density at radius 2 is 2.31 bits per heavy atom.